The molecule has 0 aliphatic rings. The minimum Gasteiger partial charge on any atom is -0.478 e. The van der Waals surface area contributed by atoms with Crippen LogP contribution in [-0.2, 0) is 9.53 Å². The van der Waals surface area contributed by atoms with Crippen LogP contribution >= 0.6 is 11.8 Å². The zero-order valence-electron chi connectivity index (χ0n) is 11.1. The van der Waals surface area contributed by atoms with Crippen molar-refractivity contribution in [2.24, 2.45) is 0 Å². The lowest BCUT2D eigenvalue weighted by Crippen LogP contribution is -2.20. The Balaban J connectivity index is 2.95. The lowest BCUT2D eigenvalue weighted by molar-refractivity contribution is -0.146. The SMILES string of the molecule is CC(C)OC(=O)C(C)Sc1cc(C(=O)O)c(F)cc1F. The van der Waals surface area contributed by atoms with Crippen LogP contribution in [0.25, 0.3) is 0 Å². The summed E-state index contributed by atoms with van der Waals surface area (Å²) in [5.41, 5.74) is -0.640. The van der Waals surface area contributed by atoms with E-state index in [0.717, 1.165) is 17.8 Å². The molecule has 0 saturated carbocycles. The van der Waals surface area contributed by atoms with Crippen molar-refractivity contribution in [3.8, 4) is 0 Å². The molecule has 1 aromatic carbocycles. The molecule has 0 aliphatic carbocycles. The summed E-state index contributed by atoms with van der Waals surface area (Å²) in [6.07, 6.45) is -0.307. The molecular weight excluding hydrogens is 290 g/mol. The normalized spacial score (nSPS) is 12.3. The fourth-order valence-corrected chi connectivity index (χ4v) is 2.24. The Hall–Kier alpha value is -1.63. The van der Waals surface area contributed by atoms with Gasteiger partial charge in [-0.25, -0.2) is 13.6 Å². The zero-order valence-corrected chi connectivity index (χ0v) is 12.0. The molecule has 0 bridgehead atoms. The number of esters is 1. The molecule has 0 saturated heterocycles. The maximum Gasteiger partial charge on any atom is 0.338 e. The number of hydrogen-bond donors (Lipinski definition) is 1. The van der Waals surface area contributed by atoms with Crippen molar-refractivity contribution in [3.63, 3.8) is 0 Å². The van der Waals surface area contributed by atoms with E-state index < -0.39 is 34.4 Å². The van der Waals surface area contributed by atoms with Crippen molar-refractivity contribution in [3.05, 3.63) is 29.3 Å². The number of thioether (sulfide) groups is 1. The second kappa shape index (κ2) is 6.69. The van der Waals surface area contributed by atoms with Gasteiger partial charge in [-0.1, -0.05) is 0 Å². The second-order valence-electron chi connectivity index (χ2n) is 4.31. The van der Waals surface area contributed by atoms with Gasteiger partial charge in [-0.15, -0.1) is 11.8 Å². The molecule has 1 unspecified atom stereocenters. The number of carboxylic acids is 1. The van der Waals surface area contributed by atoms with Crippen molar-refractivity contribution in [2.75, 3.05) is 0 Å². The van der Waals surface area contributed by atoms with Gasteiger partial charge in [0.1, 0.15) is 16.9 Å². The largest absolute Gasteiger partial charge is 0.478 e. The van der Waals surface area contributed by atoms with Crippen molar-refractivity contribution >= 4 is 23.7 Å². The lowest BCUT2D eigenvalue weighted by atomic mass is 10.2. The van der Waals surface area contributed by atoms with Gasteiger partial charge in [-0.2, -0.15) is 0 Å². The van der Waals surface area contributed by atoms with Gasteiger partial charge in [0, 0.05) is 11.0 Å². The molecule has 1 aromatic rings. The van der Waals surface area contributed by atoms with E-state index in [1.807, 2.05) is 0 Å². The monoisotopic (exact) mass is 304 g/mol. The highest BCUT2D eigenvalue weighted by molar-refractivity contribution is 8.00. The third-order valence-electron chi connectivity index (χ3n) is 2.24. The third kappa shape index (κ3) is 4.19. The van der Waals surface area contributed by atoms with Gasteiger partial charge in [-0.3, -0.25) is 4.79 Å². The van der Waals surface area contributed by atoms with Gasteiger partial charge in [0.05, 0.1) is 11.7 Å². The first kappa shape index (κ1) is 16.4. The smallest absolute Gasteiger partial charge is 0.338 e. The summed E-state index contributed by atoms with van der Waals surface area (Å²) in [5.74, 6) is -4.12. The fraction of sp³-hybridized carbons (Fsp3) is 0.385. The van der Waals surface area contributed by atoms with E-state index in [1.165, 1.54) is 6.92 Å². The first-order valence-corrected chi connectivity index (χ1v) is 6.69. The molecule has 0 spiro atoms. The van der Waals surface area contributed by atoms with E-state index in [0.29, 0.717) is 6.07 Å². The number of aromatic carboxylic acids is 1. The van der Waals surface area contributed by atoms with Gasteiger partial charge in [0.2, 0.25) is 0 Å². The maximum absolute atomic E-state index is 13.6. The van der Waals surface area contributed by atoms with Crippen molar-refractivity contribution in [2.45, 2.75) is 37.0 Å². The molecule has 4 nitrogen and oxygen atoms in total. The summed E-state index contributed by atoms with van der Waals surface area (Å²) >= 11 is 0.781. The fourth-order valence-electron chi connectivity index (χ4n) is 1.35. The van der Waals surface area contributed by atoms with Crippen LogP contribution in [0.5, 0.6) is 0 Å². The van der Waals surface area contributed by atoms with Crippen LogP contribution in [0.15, 0.2) is 17.0 Å². The predicted molar refractivity (Wildman–Crippen MR) is 69.9 cm³/mol. The molecule has 0 heterocycles. The summed E-state index contributed by atoms with van der Waals surface area (Å²) in [6, 6.07) is 1.36. The number of carbonyl (C=O) groups is 2. The van der Waals surface area contributed by atoms with Crippen molar-refractivity contribution in [1.29, 1.82) is 0 Å². The Bertz CT molecular complexity index is 531. The van der Waals surface area contributed by atoms with Gasteiger partial charge >= 0.3 is 11.9 Å². The minimum atomic E-state index is -1.50. The average Bonchev–Trinajstić information content (AvgIpc) is 2.30. The molecule has 1 N–H and O–H groups in total. The van der Waals surface area contributed by atoms with Crippen LogP contribution < -0.4 is 0 Å². The van der Waals surface area contributed by atoms with E-state index in [2.05, 4.69) is 0 Å². The lowest BCUT2D eigenvalue weighted by Gasteiger charge is -2.14. The first-order chi connectivity index (χ1) is 9.22. The van der Waals surface area contributed by atoms with Gasteiger partial charge in [0.15, 0.2) is 0 Å². The highest BCUT2D eigenvalue weighted by atomic mass is 32.2. The zero-order chi connectivity index (χ0) is 15.4. The predicted octanol–water partition coefficient (Wildman–Crippen LogP) is 3.10. The van der Waals surface area contributed by atoms with Crippen LogP contribution in [0, 0.1) is 11.6 Å². The van der Waals surface area contributed by atoms with E-state index in [1.54, 1.807) is 13.8 Å². The molecule has 1 rings (SSSR count). The number of halogens is 2. The van der Waals surface area contributed by atoms with Crippen LogP contribution in [0.4, 0.5) is 8.78 Å². The molecule has 7 heteroatoms. The average molecular weight is 304 g/mol. The number of benzene rings is 1. The Morgan fingerprint density at radius 1 is 1.20 bits per heavy atom. The summed E-state index contributed by atoms with van der Waals surface area (Å²) in [5, 5.41) is 8.04. The number of carboxylic acid groups (broad SMARTS) is 1. The molecule has 20 heavy (non-hydrogen) atoms. The van der Waals surface area contributed by atoms with Gasteiger partial charge in [0.25, 0.3) is 0 Å². The Morgan fingerprint density at radius 2 is 1.80 bits per heavy atom. The van der Waals surface area contributed by atoms with Crippen LogP contribution in [0.1, 0.15) is 31.1 Å². The molecular formula is C13H14F2O4S. The highest BCUT2D eigenvalue weighted by Crippen LogP contribution is 2.29. The molecule has 0 aromatic heterocycles. The van der Waals surface area contributed by atoms with Crippen LogP contribution in [0.2, 0.25) is 0 Å². The molecule has 0 fully saturated rings. The Morgan fingerprint density at radius 3 is 2.30 bits per heavy atom. The van der Waals surface area contributed by atoms with Crippen molar-refractivity contribution in [1.82, 2.24) is 0 Å². The van der Waals surface area contributed by atoms with Crippen molar-refractivity contribution < 1.29 is 28.2 Å². The quantitative estimate of drug-likeness (QED) is 0.669. The van der Waals surface area contributed by atoms with E-state index >= 15 is 0 Å². The minimum absolute atomic E-state index is 0.114. The topological polar surface area (TPSA) is 63.6 Å². The van der Waals surface area contributed by atoms with Crippen LogP contribution in [0.3, 0.4) is 0 Å². The summed E-state index contributed by atoms with van der Waals surface area (Å²) in [4.78, 5) is 22.3. The molecule has 1 atom stereocenters. The number of ether oxygens (including phenoxy) is 1. The third-order valence-corrected chi connectivity index (χ3v) is 3.35. The summed E-state index contributed by atoms with van der Waals surface area (Å²) in [7, 11) is 0. The highest BCUT2D eigenvalue weighted by Gasteiger charge is 2.21. The van der Waals surface area contributed by atoms with Gasteiger partial charge < -0.3 is 9.84 Å². The number of carbonyl (C=O) groups excluding carboxylic acids is 1. The first-order valence-electron chi connectivity index (χ1n) is 5.81. The standard InChI is InChI=1S/C13H14F2O4S/c1-6(2)19-13(18)7(3)20-11-4-8(12(16)17)9(14)5-10(11)15/h4-7H,1-3H3,(H,16,17). The molecule has 0 aliphatic heterocycles. The van der Waals surface area contributed by atoms with E-state index in [9.17, 15) is 18.4 Å². The number of rotatable bonds is 5. The summed E-state index contributed by atoms with van der Waals surface area (Å²) < 4.78 is 31.8. The summed E-state index contributed by atoms with van der Waals surface area (Å²) in [6.45, 7) is 4.85. The van der Waals surface area contributed by atoms with E-state index in [-0.39, 0.29) is 11.0 Å². The Labute approximate surface area is 119 Å². The molecule has 0 radical (unpaired) electrons. The van der Waals surface area contributed by atoms with Gasteiger partial charge in [-0.05, 0) is 26.8 Å². The molecule has 110 valence electrons. The van der Waals surface area contributed by atoms with E-state index in [4.69, 9.17) is 9.84 Å². The second-order valence-corrected chi connectivity index (χ2v) is 5.70. The Kier molecular flexibility index (Phi) is 5.50. The number of hydrogen-bond acceptors (Lipinski definition) is 4. The molecule has 0 amide bonds. The van der Waals surface area contributed by atoms with Crippen LogP contribution in [-0.4, -0.2) is 28.4 Å². The maximum atomic E-state index is 13.6.